The second-order valence-electron chi connectivity index (χ2n) is 17.7. The van der Waals surface area contributed by atoms with Crippen LogP contribution in [0.3, 0.4) is 0 Å². The molecule has 1 saturated heterocycles. The molecule has 1 aliphatic heterocycles. The van der Waals surface area contributed by atoms with Gasteiger partial charge in [-0.25, -0.2) is 15.0 Å². The second-order valence-corrected chi connectivity index (χ2v) is 19.4. The van der Waals surface area contributed by atoms with Gasteiger partial charge in [0.2, 0.25) is 0 Å². The lowest BCUT2D eigenvalue weighted by molar-refractivity contribution is -0.152. The van der Waals surface area contributed by atoms with Gasteiger partial charge in [0, 0.05) is 24.8 Å². The molecular formula is C52H60N7O9P. The smallest absolute Gasteiger partial charge is 0.314 e. The van der Waals surface area contributed by atoms with Gasteiger partial charge in [0.15, 0.2) is 23.2 Å². The molecule has 1 N–H and O–H groups in total. The van der Waals surface area contributed by atoms with Crippen molar-refractivity contribution in [1.82, 2.24) is 24.2 Å². The molecule has 0 bridgehead atoms. The first kappa shape index (κ1) is 50.6. The topological polar surface area (TPSA) is 181 Å². The minimum Gasteiger partial charge on any atom is -0.497 e. The Balaban J connectivity index is 1.34. The first-order valence-electron chi connectivity index (χ1n) is 22.8. The van der Waals surface area contributed by atoms with E-state index < -0.39 is 50.0 Å². The predicted octanol–water partition coefficient (Wildman–Crippen LogP) is 9.07. The predicted molar refractivity (Wildman–Crippen MR) is 262 cm³/mol. The Morgan fingerprint density at radius 1 is 0.812 bits per heavy atom. The molecule has 6 aromatic rings. The van der Waals surface area contributed by atoms with Gasteiger partial charge in [-0.15, -0.1) is 0 Å². The third-order valence-corrected chi connectivity index (χ3v) is 14.3. The lowest BCUT2D eigenvalue weighted by atomic mass is 9.80. The highest BCUT2D eigenvalue weighted by atomic mass is 31.2. The van der Waals surface area contributed by atoms with Gasteiger partial charge in [-0.2, -0.15) is 5.26 Å². The van der Waals surface area contributed by atoms with Crippen LogP contribution in [0.2, 0.25) is 0 Å². The lowest BCUT2D eigenvalue weighted by Crippen LogP contribution is -2.43. The van der Waals surface area contributed by atoms with Crippen molar-refractivity contribution >= 4 is 37.2 Å². The molecule has 0 saturated carbocycles. The highest BCUT2D eigenvalue weighted by Crippen LogP contribution is 2.51. The number of methoxy groups -OCH3 is 3. The summed E-state index contributed by atoms with van der Waals surface area (Å²) in [5, 5.41) is 12.4. The molecule has 1 amide bonds. The Hall–Kier alpha value is -6.31. The van der Waals surface area contributed by atoms with Crippen molar-refractivity contribution in [2.45, 2.75) is 95.8 Å². The largest absolute Gasteiger partial charge is 0.497 e. The minimum atomic E-state index is -1.77. The van der Waals surface area contributed by atoms with E-state index in [1.165, 1.54) is 6.33 Å². The van der Waals surface area contributed by atoms with Gasteiger partial charge in [0.25, 0.3) is 5.91 Å². The van der Waals surface area contributed by atoms with Crippen LogP contribution >= 0.6 is 8.30 Å². The van der Waals surface area contributed by atoms with Gasteiger partial charge < -0.3 is 38.3 Å². The maximum atomic E-state index is 13.9. The Morgan fingerprint density at radius 3 is 1.94 bits per heavy atom. The van der Waals surface area contributed by atoms with Crippen molar-refractivity contribution in [2.24, 2.45) is 0 Å². The van der Waals surface area contributed by atoms with Crippen molar-refractivity contribution in [3.8, 4) is 17.6 Å². The fourth-order valence-electron chi connectivity index (χ4n) is 8.73. The van der Waals surface area contributed by atoms with Crippen LogP contribution in [0.1, 0.15) is 81.2 Å². The Kier molecular flexibility index (Phi) is 16.4. The number of rotatable bonds is 21. The number of carbonyl (C=O) groups is 2. The fraction of sp³-hybridized carbons (Fsp3) is 0.385. The van der Waals surface area contributed by atoms with Gasteiger partial charge in [0.1, 0.15) is 61.8 Å². The Bertz CT molecular complexity index is 2620. The SMILES string of the molecule is COc1ccc(C(OC[C@H]2O[C@@H](n3cnc4c(NC(=O)c5ccccc5)ncnc43)[C@H](OC)[C@@H]2OP(CC(=O)OC(C)(C)CC#N)N(C(C)C)C(C)C)(c2ccccc2)c2ccc(OC)cc2)cc1. The van der Waals surface area contributed by atoms with E-state index in [4.69, 9.17) is 37.9 Å². The molecule has 69 heavy (non-hydrogen) atoms. The zero-order valence-electron chi connectivity index (χ0n) is 40.4. The van der Waals surface area contributed by atoms with Gasteiger partial charge >= 0.3 is 5.97 Å². The van der Waals surface area contributed by atoms with Crippen LogP contribution in [0.4, 0.5) is 5.82 Å². The molecule has 2 aromatic heterocycles. The summed E-state index contributed by atoms with van der Waals surface area (Å²) < 4.78 is 49.2. The molecule has 0 radical (unpaired) electrons. The van der Waals surface area contributed by atoms with E-state index in [9.17, 15) is 14.9 Å². The van der Waals surface area contributed by atoms with Crippen LogP contribution in [0, 0.1) is 11.3 Å². The van der Waals surface area contributed by atoms with E-state index in [-0.39, 0.29) is 43.0 Å². The first-order chi connectivity index (χ1) is 33.2. The van der Waals surface area contributed by atoms with Gasteiger partial charge in [-0.1, -0.05) is 72.8 Å². The maximum Gasteiger partial charge on any atom is 0.314 e. The van der Waals surface area contributed by atoms with Crippen LogP contribution in [-0.4, -0.2) is 106 Å². The molecule has 1 fully saturated rings. The number of benzene rings is 4. The molecule has 362 valence electrons. The number of hydrogen-bond donors (Lipinski definition) is 1. The summed E-state index contributed by atoms with van der Waals surface area (Å²) >= 11 is 0. The number of amides is 1. The summed E-state index contributed by atoms with van der Waals surface area (Å²) in [6, 6.07) is 36.3. The number of nitrogens with one attached hydrogen (secondary N) is 1. The number of ether oxygens (including phenoxy) is 6. The van der Waals surface area contributed by atoms with E-state index >= 15 is 0 Å². The third-order valence-electron chi connectivity index (χ3n) is 11.8. The van der Waals surface area contributed by atoms with E-state index in [0.29, 0.717) is 28.2 Å². The van der Waals surface area contributed by atoms with Crippen molar-refractivity contribution in [1.29, 1.82) is 5.26 Å². The quantitative estimate of drug-likeness (QED) is 0.0410. The Morgan fingerprint density at radius 2 is 1.39 bits per heavy atom. The van der Waals surface area contributed by atoms with Crippen molar-refractivity contribution in [2.75, 3.05) is 39.4 Å². The number of imidazole rings is 1. The molecule has 0 aliphatic carbocycles. The number of hydrogen-bond acceptors (Lipinski definition) is 14. The fourth-order valence-corrected chi connectivity index (χ4v) is 10.9. The normalized spacial score (nSPS) is 17.8. The van der Waals surface area contributed by atoms with Crippen LogP contribution in [-0.2, 0) is 33.9 Å². The molecular weight excluding hydrogens is 898 g/mol. The number of nitrogens with zero attached hydrogens (tertiary/aromatic N) is 6. The zero-order chi connectivity index (χ0) is 49.3. The van der Waals surface area contributed by atoms with Crippen LogP contribution < -0.4 is 14.8 Å². The number of fused-ring (bicyclic) bond motifs is 1. The summed E-state index contributed by atoms with van der Waals surface area (Å²) in [5.41, 5.74) is 1.37. The zero-order valence-corrected chi connectivity index (χ0v) is 41.3. The Labute approximate surface area is 404 Å². The lowest BCUT2D eigenvalue weighted by Gasteiger charge is -2.40. The number of carbonyl (C=O) groups excluding carboxylic acids is 2. The summed E-state index contributed by atoms with van der Waals surface area (Å²) in [6.45, 7) is 11.6. The summed E-state index contributed by atoms with van der Waals surface area (Å²) in [7, 11) is 3.05. The highest BCUT2D eigenvalue weighted by molar-refractivity contribution is 7.51. The summed E-state index contributed by atoms with van der Waals surface area (Å²) in [4.78, 5) is 41.0. The molecule has 16 nitrogen and oxygen atoms in total. The summed E-state index contributed by atoms with van der Waals surface area (Å²) in [6.07, 6.45) is -0.637. The molecule has 17 heteroatoms. The van der Waals surface area contributed by atoms with Gasteiger partial charge in [-0.05, 0) is 94.6 Å². The molecule has 4 aromatic carbocycles. The van der Waals surface area contributed by atoms with Crippen LogP contribution in [0.25, 0.3) is 11.2 Å². The van der Waals surface area contributed by atoms with Crippen molar-refractivity contribution in [3.63, 3.8) is 0 Å². The number of anilines is 1. The third kappa shape index (κ3) is 11.3. The highest BCUT2D eigenvalue weighted by Gasteiger charge is 2.51. The standard InChI is InChI=1S/C52H60N7O9P/c1-34(2)59(35(3)4)69(31-43(60)67-51(5,6)28-29-53)68-45-42(66-50(46(45)64-9)58-33-56-44-47(54-32-55-48(44)58)57-49(61)36-16-12-10-13-17-36)30-65-52(37-18-14-11-15-19-37,38-20-24-40(62-7)25-21-38)39-22-26-41(63-8)27-23-39/h10-27,32-35,42,45-46,50H,28,30-31H2,1-9H3,(H,54,55,57,61)/t42-,45-,46-,50-,69?/m1/s1. The molecule has 1 unspecified atom stereocenters. The monoisotopic (exact) mass is 957 g/mol. The first-order valence-corrected chi connectivity index (χ1v) is 24.1. The van der Waals surface area contributed by atoms with Crippen molar-refractivity contribution < 1.29 is 42.5 Å². The van der Waals surface area contributed by atoms with Crippen LogP contribution in [0.5, 0.6) is 11.5 Å². The van der Waals surface area contributed by atoms with Gasteiger partial charge in [-0.3, -0.25) is 18.8 Å². The van der Waals surface area contributed by atoms with Crippen LogP contribution in [0.15, 0.2) is 122 Å². The number of nitriles is 1. The van der Waals surface area contributed by atoms with Crippen molar-refractivity contribution in [3.05, 3.63) is 144 Å². The average molecular weight is 958 g/mol. The molecule has 1 aliphatic rings. The summed E-state index contributed by atoms with van der Waals surface area (Å²) in [5.74, 6) is 0.701. The van der Waals surface area contributed by atoms with Gasteiger partial charge in [0.05, 0.1) is 39.6 Å². The molecule has 3 heterocycles. The maximum absolute atomic E-state index is 13.9. The van der Waals surface area contributed by atoms with E-state index in [1.807, 2.05) is 84.9 Å². The minimum absolute atomic E-state index is 0.0184. The van der Waals surface area contributed by atoms with E-state index in [0.717, 1.165) is 16.7 Å². The second kappa shape index (κ2) is 22.4. The number of esters is 1. The average Bonchev–Trinajstić information content (AvgIpc) is 3.93. The van der Waals surface area contributed by atoms with E-state index in [1.54, 1.807) is 70.3 Å². The molecule has 5 atom stereocenters. The number of aromatic nitrogens is 4. The molecule has 0 spiro atoms. The van der Waals surface area contributed by atoms with E-state index in [2.05, 4.69) is 53.7 Å². The molecule has 7 rings (SSSR count).